The summed E-state index contributed by atoms with van der Waals surface area (Å²) in [6, 6.07) is 4.68. The molecule has 0 spiro atoms. The monoisotopic (exact) mass is 245 g/mol. The van der Waals surface area contributed by atoms with Crippen molar-refractivity contribution in [3.05, 3.63) is 29.6 Å². The van der Waals surface area contributed by atoms with Gasteiger partial charge in [0.05, 0.1) is 11.3 Å². The molecule has 2 aromatic rings. The number of aromatic carboxylic acids is 1. The molecule has 0 aliphatic heterocycles. The lowest BCUT2D eigenvalue weighted by Crippen LogP contribution is -2.10. The van der Waals surface area contributed by atoms with Crippen LogP contribution in [0, 0.1) is 0 Å². The molecule has 1 aromatic carbocycles. The molecule has 1 aliphatic carbocycles. The second-order valence-corrected chi connectivity index (χ2v) is 4.30. The van der Waals surface area contributed by atoms with Crippen molar-refractivity contribution < 1.29 is 9.90 Å². The van der Waals surface area contributed by atoms with E-state index in [1.807, 2.05) is 0 Å². The average Bonchev–Trinajstić information content (AvgIpc) is 3.07. The van der Waals surface area contributed by atoms with Crippen LogP contribution in [0.25, 0.3) is 5.69 Å². The van der Waals surface area contributed by atoms with Gasteiger partial charge in [-0.1, -0.05) is 0 Å². The van der Waals surface area contributed by atoms with Crippen molar-refractivity contribution in [3.8, 4) is 5.69 Å². The summed E-state index contributed by atoms with van der Waals surface area (Å²) in [5.74, 6) is -0.00369. The molecule has 1 fully saturated rings. The molecule has 0 bridgehead atoms. The highest BCUT2D eigenvalue weighted by Gasteiger charge is 2.30. The Hall–Kier alpha value is -2.44. The minimum Gasteiger partial charge on any atom is -0.478 e. The van der Waals surface area contributed by atoms with Gasteiger partial charge in [0.1, 0.15) is 0 Å². The first kappa shape index (κ1) is 10.7. The third kappa shape index (κ3) is 1.69. The van der Waals surface area contributed by atoms with Gasteiger partial charge in [0.25, 0.3) is 0 Å². The fraction of sp³-hybridized carbons (Fsp3) is 0.273. The second-order valence-electron chi connectivity index (χ2n) is 4.30. The highest BCUT2D eigenvalue weighted by atomic mass is 16.4. The third-order valence-electron chi connectivity index (χ3n) is 2.92. The Balaban J connectivity index is 2.15. The van der Waals surface area contributed by atoms with E-state index in [0.29, 0.717) is 23.1 Å². The van der Waals surface area contributed by atoms with Crippen molar-refractivity contribution >= 4 is 11.7 Å². The summed E-state index contributed by atoms with van der Waals surface area (Å²) < 4.78 is 1.49. The molecule has 0 radical (unpaired) electrons. The van der Waals surface area contributed by atoms with Crippen LogP contribution in [0.15, 0.2) is 18.2 Å². The van der Waals surface area contributed by atoms with Crippen LogP contribution in [0.5, 0.6) is 0 Å². The number of rotatable bonds is 3. The topological polar surface area (TPSA) is 107 Å². The zero-order valence-corrected chi connectivity index (χ0v) is 9.45. The van der Waals surface area contributed by atoms with Crippen LogP contribution in [-0.2, 0) is 0 Å². The number of benzene rings is 1. The highest BCUT2D eigenvalue weighted by molar-refractivity contribution is 5.93. The number of carbonyl (C=O) groups is 1. The minimum absolute atomic E-state index is 0.101. The standard InChI is InChI=1S/C11H11N5O2/c12-7-3-4-9(8(5-7)11(17)18)16-10(6-1-2-6)13-14-15-16/h3-6H,1-2,12H2,(H,17,18). The van der Waals surface area contributed by atoms with E-state index in [1.165, 1.54) is 10.7 Å². The van der Waals surface area contributed by atoms with Crippen LogP contribution in [0.2, 0.25) is 0 Å². The van der Waals surface area contributed by atoms with Crippen molar-refractivity contribution in [1.82, 2.24) is 20.2 Å². The maximum atomic E-state index is 11.2. The first-order chi connectivity index (χ1) is 8.66. The first-order valence-electron chi connectivity index (χ1n) is 5.58. The van der Waals surface area contributed by atoms with Crippen LogP contribution in [0.1, 0.15) is 34.9 Å². The zero-order chi connectivity index (χ0) is 12.7. The van der Waals surface area contributed by atoms with E-state index in [1.54, 1.807) is 12.1 Å². The van der Waals surface area contributed by atoms with E-state index in [2.05, 4.69) is 15.5 Å². The van der Waals surface area contributed by atoms with Crippen molar-refractivity contribution in [2.45, 2.75) is 18.8 Å². The summed E-state index contributed by atoms with van der Waals surface area (Å²) in [5.41, 5.74) is 6.55. The Morgan fingerprint density at radius 2 is 2.22 bits per heavy atom. The number of tetrazole rings is 1. The number of hydrogen-bond donors (Lipinski definition) is 2. The summed E-state index contributed by atoms with van der Waals surface area (Å²) in [6.45, 7) is 0. The minimum atomic E-state index is -1.05. The Labute approximate surface area is 102 Å². The Bertz CT molecular complexity index is 618. The van der Waals surface area contributed by atoms with Gasteiger partial charge in [-0.05, 0) is 41.5 Å². The fourth-order valence-corrected chi connectivity index (χ4v) is 1.87. The number of nitrogen functional groups attached to an aromatic ring is 1. The number of anilines is 1. The number of hydrogen-bond acceptors (Lipinski definition) is 5. The molecular formula is C11H11N5O2. The van der Waals surface area contributed by atoms with Gasteiger partial charge in [-0.3, -0.25) is 0 Å². The SMILES string of the molecule is Nc1ccc(-n2nnnc2C2CC2)c(C(=O)O)c1. The summed E-state index contributed by atoms with van der Waals surface area (Å²) in [6.07, 6.45) is 2.08. The quantitative estimate of drug-likeness (QED) is 0.775. The summed E-state index contributed by atoms with van der Waals surface area (Å²) in [7, 11) is 0. The Kier molecular flexibility index (Phi) is 2.26. The summed E-state index contributed by atoms with van der Waals surface area (Å²) >= 11 is 0. The molecule has 1 saturated carbocycles. The number of carboxylic acid groups (broad SMARTS) is 1. The molecule has 1 aliphatic rings. The molecule has 7 heteroatoms. The first-order valence-corrected chi connectivity index (χ1v) is 5.58. The predicted molar refractivity (Wildman–Crippen MR) is 62.5 cm³/mol. The number of nitrogens with two attached hydrogens (primary N) is 1. The summed E-state index contributed by atoms with van der Waals surface area (Å²) in [4.78, 5) is 11.2. The van der Waals surface area contributed by atoms with Crippen molar-refractivity contribution in [2.75, 3.05) is 5.73 Å². The van der Waals surface area contributed by atoms with Crippen molar-refractivity contribution in [1.29, 1.82) is 0 Å². The lowest BCUT2D eigenvalue weighted by molar-refractivity contribution is 0.0696. The van der Waals surface area contributed by atoms with Crippen LogP contribution in [0.4, 0.5) is 5.69 Å². The van der Waals surface area contributed by atoms with Crippen LogP contribution in [0.3, 0.4) is 0 Å². The molecule has 18 heavy (non-hydrogen) atoms. The maximum Gasteiger partial charge on any atom is 0.337 e. The third-order valence-corrected chi connectivity index (χ3v) is 2.92. The van der Waals surface area contributed by atoms with Crippen LogP contribution < -0.4 is 5.73 Å². The van der Waals surface area contributed by atoms with Crippen molar-refractivity contribution in [2.24, 2.45) is 0 Å². The number of carboxylic acids is 1. The normalized spacial score (nSPS) is 14.7. The molecule has 0 saturated heterocycles. The average molecular weight is 245 g/mol. The molecular weight excluding hydrogens is 234 g/mol. The molecule has 0 atom stereocenters. The van der Waals surface area contributed by atoms with Crippen LogP contribution >= 0.6 is 0 Å². The Morgan fingerprint density at radius 3 is 2.89 bits per heavy atom. The van der Waals surface area contributed by atoms with E-state index in [0.717, 1.165) is 12.8 Å². The lowest BCUT2D eigenvalue weighted by Gasteiger charge is -2.08. The van der Waals surface area contributed by atoms with Gasteiger partial charge in [0.15, 0.2) is 5.82 Å². The van der Waals surface area contributed by atoms with E-state index < -0.39 is 5.97 Å². The van der Waals surface area contributed by atoms with Gasteiger partial charge in [-0.15, -0.1) is 5.10 Å². The van der Waals surface area contributed by atoms with Gasteiger partial charge < -0.3 is 10.8 Å². The molecule has 1 aromatic heterocycles. The van der Waals surface area contributed by atoms with Gasteiger partial charge in [0, 0.05) is 11.6 Å². The zero-order valence-electron chi connectivity index (χ0n) is 9.45. The lowest BCUT2D eigenvalue weighted by atomic mass is 10.1. The molecule has 3 rings (SSSR count). The second kappa shape index (κ2) is 3.80. The molecule has 0 unspecified atom stereocenters. The molecule has 3 N–H and O–H groups in total. The van der Waals surface area contributed by atoms with E-state index in [4.69, 9.17) is 5.73 Å². The van der Waals surface area contributed by atoms with Gasteiger partial charge in [-0.25, -0.2) is 4.79 Å². The fourth-order valence-electron chi connectivity index (χ4n) is 1.87. The molecule has 7 nitrogen and oxygen atoms in total. The van der Waals surface area contributed by atoms with E-state index >= 15 is 0 Å². The van der Waals surface area contributed by atoms with E-state index in [9.17, 15) is 9.90 Å². The maximum absolute atomic E-state index is 11.2. The van der Waals surface area contributed by atoms with Gasteiger partial charge >= 0.3 is 5.97 Å². The highest BCUT2D eigenvalue weighted by Crippen LogP contribution is 2.39. The Morgan fingerprint density at radius 1 is 1.44 bits per heavy atom. The smallest absolute Gasteiger partial charge is 0.337 e. The molecule has 1 heterocycles. The van der Waals surface area contributed by atoms with Gasteiger partial charge in [0.2, 0.25) is 0 Å². The predicted octanol–water partition coefficient (Wildman–Crippen LogP) is 0.820. The molecule has 0 amide bonds. The number of aromatic nitrogens is 4. The van der Waals surface area contributed by atoms with Gasteiger partial charge in [-0.2, -0.15) is 4.68 Å². The van der Waals surface area contributed by atoms with Crippen molar-refractivity contribution in [3.63, 3.8) is 0 Å². The van der Waals surface area contributed by atoms with E-state index in [-0.39, 0.29) is 5.56 Å². The largest absolute Gasteiger partial charge is 0.478 e. The van der Waals surface area contributed by atoms with Crippen LogP contribution in [-0.4, -0.2) is 31.3 Å². The number of nitrogens with zero attached hydrogens (tertiary/aromatic N) is 4. The molecule has 92 valence electrons. The summed E-state index contributed by atoms with van der Waals surface area (Å²) in [5, 5.41) is 20.6.